The highest BCUT2D eigenvalue weighted by molar-refractivity contribution is 5.99. The third-order valence-corrected chi connectivity index (χ3v) is 4.85. The van der Waals surface area contributed by atoms with Crippen LogP contribution in [0.4, 0.5) is 24.7 Å². The Bertz CT molecular complexity index is 1030. The van der Waals surface area contributed by atoms with E-state index in [9.17, 15) is 18.0 Å². The minimum Gasteiger partial charge on any atom is -0.360 e. The number of carbonyl (C=O) groups is 1. The first-order chi connectivity index (χ1) is 13.4. The number of amides is 1. The highest BCUT2D eigenvalue weighted by Crippen LogP contribution is 2.33. The molecule has 1 aliphatic heterocycles. The predicted octanol–water partition coefficient (Wildman–Crippen LogP) is 4.64. The molecule has 1 amide bonds. The molecule has 28 heavy (non-hydrogen) atoms. The van der Waals surface area contributed by atoms with Crippen molar-refractivity contribution in [2.24, 2.45) is 0 Å². The van der Waals surface area contributed by atoms with Gasteiger partial charge in [0.15, 0.2) is 0 Å². The maximum absolute atomic E-state index is 13.2. The first kappa shape index (κ1) is 18.3. The number of alkyl halides is 3. The van der Waals surface area contributed by atoms with Gasteiger partial charge < -0.3 is 10.2 Å². The van der Waals surface area contributed by atoms with Crippen LogP contribution in [0.1, 0.15) is 17.7 Å². The molecule has 2 aromatic carbocycles. The molecule has 4 nitrogen and oxygen atoms in total. The van der Waals surface area contributed by atoms with E-state index in [-0.39, 0.29) is 18.3 Å². The number of fused-ring (bicyclic) bond motifs is 2. The number of carbonyl (C=O) groups excluding carboxylic acids is 1. The predicted molar refractivity (Wildman–Crippen MR) is 102 cm³/mol. The SMILES string of the molecule is O=C(CNc1nc(C(F)(F)F)cc2ccccc12)N1CCCc2ccccc21. The second-order valence-corrected chi connectivity index (χ2v) is 6.71. The molecule has 0 atom stereocenters. The molecular formula is C21H18F3N3O. The van der Waals surface area contributed by atoms with Gasteiger partial charge in [-0.3, -0.25) is 4.79 Å². The fourth-order valence-corrected chi connectivity index (χ4v) is 3.53. The van der Waals surface area contributed by atoms with Crippen molar-refractivity contribution in [2.45, 2.75) is 19.0 Å². The van der Waals surface area contributed by atoms with Crippen LogP contribution in [0.15, 0.2) is 54.6 Å². The zero-order valence-corrected chi connectivity index (χ0v) is 15.0. The van der Waals surface area contributed by atoms with Crippen LogP contribution in [0.5, 0.6) is 0 Å². The van der Waals surface area contributed by atoms with Crippen molar-refractivity contribution in [1.29, 1.82) is 0 Å². The molecular weight excluding hydrogens is 367 g/mol. The normalized spacial score (nSPS) is 14.0. The number of pyridine rings is 1. The van der Waals surface area contributed by atoms with Gasteiger partial charge in [0, 0.05) is 17.6 Å². The molecule has 1 aromatic heterocycles. The maximum Gasteiger partial charge on any atom is 0.433 e. The van der Waals surface area contributed by atoms with Gasteiger partial charge in [0.25, 0.3) is 0 Å². The Labute approximate surface area is 160 Å². The van der Waals surface area contributed by atoms with E-state index in [1.54, 1.807) is 29.2 Å². The summed E-state index contributed by atoms with van der Waals surface area (Å²) in [5.41, 5.74) is 0.983. The number of halogens is 3. The average molecular weight is 385 g/mol. The molecule has 144 valence electrons. The third kappa shape index (κ3) is 3.52. The number of hydrogen-bond acceptors (Lipinski definition) is 3. The summed E-state index contributed by atoms with van der Waals surface area (Å²) in [6.07, 6.45) is -2.79. The van der Waals surface area contributed by atoms with Crippen LogP contribution in [0.2, 0.25) is 0 Å². The Morgan fingerprint density at radius 3 is 2.68 bits per heavy atom. The number of para-hydroxylation sites is 1. The molecule has 0 aliphatic carbocycles. The lowest BCUT2D eigenvalue weighted by molar-refractivity contribution is -0.141. The van der Waals surface area contributed by atoms with Crippen molar-refractivity contribution in [3.8, 4) is 0 Å². The van der Waals surface area contributed by atoms with Gasteiger partial charge in [0.1, 0.15) is 11.5 Å². The highest BCUT2D eigenvalue weighted by atomic mass is 19.4. The highest BCUT2D eigenvalue weighted by Gasteiger charge is 2.33. The summed E-state index contributed by atoms with van der Waals surface area (Å²) >= 11 is 0. The number of hydrogen-bond donors (Lipinski definition) is 1. The summed E-state index contributed by atoms with van der Waals surface area (Å²) in [6.45, 7) is 0.459. The van der Waals surface area contributed by atoms with E-state index in [4.69, 9.17) is 0 Å². The number of benzene rings is 2. The van der Waals surface area contributed by atoms with Crippen LogP contribution < -0.4 is 10.2 Å². The van der Waals surface area contributed by atoms with Crippen LogP contribution >= 0.6 is 0 Å². The fourth-order valence-electron chi connectivity index (χ4n) is 3.53. The van der Waals surface area contributed by atoms with Crippen molar-refractivity contribution >= 4 is 28.2 Å². The molecule has 0 fully saturated rings. The van der Waals surface area contributed by atoms with Crippen molar-refractivity contribution in [3.63, 3.8) is 0 Å². The molecule has 1 aliphatic rings. The molecule has 1 N–H and O–H groups in total. The Hall–Kier alpha value is -3.09. The van der Waals surface area contributed by atoms with Crippen molar-refractivity contribution in [3.05, 3.63) is 65.9 Å². The minimum atomic E-state index is -4.56. The quantitative estimate of drug-likeness (QED) is 0.714. The van der Waals surface area contributed by atoms with E-state index in [1.807, 2.05) is 24.3 Å². The molecule has 3 aromatic rings. The summed E-state index contributed by atoms with van der Waals surface area (Å²) < 4.78 is 39.6. The number of anilines is 2. The van der Waals surface area contributed by atoms with E-state index >= 15 is 0 Å². The van der Waals surface area contributed by atoms with Gasteiger partial charge in [0.2, 0.25) is 5.91 Å². The smallest absolute Gasteiger partial charge is 0.360 e. The molecule has 0 bridgehead atoms. The molecule has 4 rings (SSSR count). The Morgan fingerprint density at radius 1 is 1.11 bits per heavy atom. The first-order valence-corrected chi connectivity index (χ1v) is 9.02. The van der Waals surface area contributed by atoms with Crippen LogP contribution in [-0.4, -0.2) is 24.0 Å². The van der Waals surface area contributed by atoms with Crippen molar-refractivity contribution in [2.75, 3.05) is 23.3 Å². The first-order valence-electron chi connectivity index (χ1n) is 9.02. The van der Waals surface area contributed by atoms with Crippen LogP contribution in [0.25, 0.3) is 10.8 Å². The molecule has 0 unspecified atom stereocenters. The second kappa shape index (κ2) is 7.14. The molecule has 0 radical (unpaired) electrons. The van der Waals surface area contributed by atoms with Gasteiger partial charge in [-0.1, -0.05) is 42.5 Å². The molecule has 0 saturated carbocycles. The standard InChI is InChI=1S/C21H18F3N3O/c22-21(23,24)18-12-15-7-1-3-9-16(15)20(26-18)25-13-19(28)27-11-5-8-14-6-2-4-10-17(14)27/h1-4,6-7,9-10,12H,5,8,11,13H2,(H,25,26). The minimum absolute atomic E-state index is 0.0593. The van der Waals surface area contributed by atoms with E-state index in [0.717, 1.165) is 30.2 Å². The molecule has 2 heterocycles. The summed E-state index contributed by atoms with van der Waals surface area (Å²) in [5.74, 6) is -0.139. The maximum atomic E-state index is 13.2. The second-order valence-electron chi connectivity index (χ2n) is 6.71. The monoisotopic (exact) mass is 385 g/mol. The number of aryl methyl sites for hydroxylation is 1. The Kier molecular flexibility index (Phi) is 4.66. The number of nitrogens with one attached hydrogen (secondary N) is 1. The van der Waals surface area contributed by atoms with E-state index < -0.39 is 11.9 Å². The largest absolute Gasteiger partial charge is 0.433 e. The summed E-state index contributed by atoms with van der Waals surface area (Å²) in [4.78, 5) is 18.2. The summed E-state index contributed by atoms with van der Waals surface area (Å²) in [7, 11) is 0. The van der Waals surface area contributed by atoms with Gasteiger partial charge in [0.05, 0.1) is 6.54 Å². The molecule has 0 spiro atoms. The lowest BCUT2D eigenvalue weighted by atomic mass is 10.0. The van der Waals surface area contributed by atoms with Gasteiger partial charge in [-0.2, -0.15) is 13.2 Å². The lowest BCUT2D eigenvalue weighted by Gasteiger charge is -2.29. The number of rotatable bonds is 3. The van der Waals surface area contributed by atoms with E-state index in [1.165, 1.54) is 0 Å². The van der Waals surface area contributed by atoms with E-state index in [0.29, 0.717) is 17.3 Å². The van der Waals surface area contributed by atoms with Gasteiger partial charge in [-0.15, -0.1) is 0 Å². The number of nitrogens with zero attached hydrogens (tertiary/aromatic N) is 2. The van der Waals surface area contributed by atoms with Gasteiger partial charge in [-0.25, -0.2) is 4.98 Å². The summed E-state index contributed by atoms with van der Waals surface area (Å²) in [5, 5.41) is 3.79. The average Bonchev–Trinajstić information content (AvgIpc) is 2.70. The van der Waals surface area contributed by atoms with Gasteiger partial charge >= 0.3 is 6.18 Å². The molecule has 7 heteroatoms. The zero-order valence-electron chi connectivity index (χ0n) is 15.0. The number of aromatic nitrogens is 1. The fraction of sp³-hybridized carbons (Fsp3) is 0.238. The van der Waals surface area contributed by atoms with Gasteiger partial charge in [-0.05, 0) is 35.9 Å². The van der Waals surface area contributed by atoms with E-state index in [2.05, 4.69) is 10.3 Å². The lowest BCUT2D eigenvalue weighted by Crippen LogP contribution is -2.39. The topological polar surface area (TPSA) is 45.2 Å². The molecule has 0 saturated heterocycles. The third-order valence-electron chi connectivity index (χ3n) is 4.85. The van der Waals surface area contributed by atoms with Crippen LogP contribution in [0.3, 0.4) is 0 Å². The van der Waals surface area contributed by atoms with Crippen LogP contribution in [0, 0.1) is 0 Å². The van der Waals surface area contributed by atoms with Crippen molar-refractivity contribution in [1.82, 2.24) is 4.98 Å². The Balaban J connectivity index is 1.60. The van der Waals surface area contributed by atoms with Crippen molar-refractivity contribution < 1.29 is 18.0 Å². The Morgan fingerprint density at radius 2 is 1.86 bits per heavy atom. The van der Waals surface area contributed by atoms with Crippen LogP contribution in [-0.2, 0) is 17.4 Å². The zero-order chi connectivity index (χ0) is 19.7. The summed E-state index contributed by atoms with van der Waals surface area (Å²) in [6, 6.07) is 15.4.